The van der Waals surface area contributed by atoms with Crippen molar-refractivity contribution in [1.82, 2.24) is 19.4 Å². The molecule has 3 heterocycles. The first-order chi connectivity index (χ1) is 12.5. The fourth-order valence-electron chi connectivity index (χ4n) is 3.81. The summed E-state index contributed by atoms with van der Waals surface area (Å²) in [5, 5.41) is 3.03. The molecule has 26 heavy (non-hydrogen) atoms. The molecule has 2 aromatic heterocycles. The summed E-state index contributed by atoms with van der Waals surface area (Å²) in [5.74, 6) is 1.24. The Labute approximate surface area is 152 Å². The van der Waals surface area contributed by atoms with Crippen molar-refractivity contribution in [1.29, 1.82) is 0 Å². The van der Waals surface area contributed by atoms with Crippen LogP contribution in [-0.4, -0.2) is 38.6 Å². The summed E-state index contributed by atoms with van der Waals surface area (Å²) < 4.78 is 2.05. The van der Waals surface area contributed by atoms with Crippen LogP contribution in [0.1, 0.15) is 29.3 Å². The third-order valence-corrected chi connectivity index (χ3v) is 4.98. The van der Waals surface area contributed by atoms with Crippen LogP contribution in [0.4, 0.5) is 10.5 Å². The summed E-state index contributed by atoms with van der Waals surface area (Å²) in [7, 11) is 2.00. The van der Waals surface area contributed by atoms with E-state index in [9.17, 15) is 4.79 Å². The van der Waals surface area contributed by atoms with Gasteiger partial charge >= 0.3 is 6.03 Å². The minimum Gasteiger partial charge on any atom is -0.324 e. The van der Waals surface area contributed by atoms with E-state index in [-0.39, 0.29) is 11.9 Å². The van der Waals surface area contributed by atoms with Crippen molar-refractivity contribution < 1.29 is 4.79 Å². The molecule has 4 rings (SSSR count). The second kappa shape index (κ2) is 6.44. The highest BCUT2D eigenvalue weighted by atomic mass is 16.2. The Hall–Kier alpha value is -2.89. The number of amides is 2. The fourth-order valence-corrected chi connectivity index (χ4v) is 3.81. The number of likely N-dealkylation sites (tertiary alicyclic amines) is 1. The normalized spacial score (nSPS) is 17.0. The van der Waals surface area contributed by atoms with Crippen LogP contribution in [0.3, 0.4) is 0 Å². The first kappa shape index (κ1) is 16.6. The number of hydrogen-bond donors (Lipinski definition) is 1. The van der Waals surface area contributed by atoms with Crippen LogP contribution < -0.4 is 5.32 Å². The summed E-state index contributed by atoms with van der Waals surface area (Å²) >= 11 is 0. The van der Waals surface area contributed by atoms with Crippen LogP contribution in [-0.2, 0) is 7.05 Å². The Morgan fingerprint density at radius 3 is 2.73 bits per heavy atom. The van der Waals surface area contributed by atoms with E-state index in [1.807, 2.05) is 54.6 Å². The number of carbonyl (C=O) groups excluding carboxylic acids is 1. The maximum absolute atomic E-state index is 12.6. The Kier molecular flexibility index (Phi) is 4.11. The average Bonchev–Trinajstić information content (AvgIpc) is 3.19. The summed E-state index contributed by atoms with van der Waals surface area (Å²) in [6, 6.07) is 9.92. The lowest BCUT2D eigenvalue weighted by molar-refractivity contribution is 0.222. The second-order valence-electron chi connectivity index (χ2n) is 7.11. The molecule has 1 aliphatic rings. The zero-order valence-corrected chi connectivity index (χ0v) is 15.4. The Bertz CT molecular complexity index is 957. The summed E-state index contributed by atoms with van der Waals surface area (Å²) in [6.07, 6.45) is 2.70. The molecule has 0 spiro atoms. The van der Waals surface area contributed by atoms with Crippen LogP contribution >= 0.6 is 0 Å². The van der Waals surface area contributed by atoms with Gasteiger partial charge in [-0.1, -0.05) is 6.07 Å². The summed E-state index contributed by atoms with van der Waals surface area (Å²) in [4.78, 5) is 23.7. The molecule has 134 valence electrons. The van der Waals surface area contributed by atoms with Crippen molar-refractivity contribution in [2.45, 2.75) is 26.2 Å². The third kappa shape index (κ3) is 3.03. The topological polar surface area (TPSA) is 63.1 Å². The van der Waals surface area contributed by atoms with Gasteiger partial charge in [-0.05, 0) is 55.7 Å². The number of urea groups is 1. The number of benzene rings is 1. The van der Waals surface area contributed by atoms with Gasteiger partial charge < -0.3 is 14.8 Å². The largest absolute Gasteiger partial charge is 0.324 e. The van der Waals surface area contributed by atoms with E-state index in [4.69, 9.17) is 4.98 Å². The standard InChI is InChI=1S/C20H23N5O/c1-13-9-14(2)11-16(10-13)22-20(26)25-8-6-15(12-25)18-23-17-5-4-7-21-19(17)24(18)3/h4-5,7,9-11,15H,6,8,12H2,1-3H3,(H,22,26)/t15-/m0/s1. The number of hydrogen-bond acceptors (Lipinski definition) is 3. The Balaban J connectivity index is 1.49. The molecule has 1 fully saturated rings. The number of anilines is 1. The zero-order chi connectivity index (χ0) is 18.3. The molecule has 1 N–H and O–H groups in total. The second-order valence-corrected chi connectivity index (χ2v) is 7.11. The lowest BCUT2D eigenvalue weighted by atomic mass is 10.1. The van der Waals surface area contributed by atoms with Crippen molar-refractivity contribution in [2.75, 3.05) is 18.4 Å². The molecule has 0 unspecified atom stereocenters. The van der Waals surface area contributed by atoms with Crippen LogP contribution in [0.2, 0.25) is 0 Å². The number of fused-ring (bicyclic) bond motifs is 1. The van der Waals surface area contributed by atoms with Crippen molar-refractivity contribution in [2.24, 2.45) is 7.05 Å². The quantitative estimate of drug-likeness (QED) is 0.769. The fraction of sp³-hybridized carbons (Fsp3) is 0.350. The van der Waals surface area contributed by atoms with Crippen molar-refractivity contribution in [3.8, 4) is 0 Å². The van der Waals surface area contributed by atoms with Gasteiger partial charge in [0.2, 0.25) is 0 Å². The van der Waals surface area contributed by atoms with Crippen molar-refractivity contribution in [3.05, 3.63) is 53.5 Å². The highest BCUT2D eigenvalue weighted by Crippen LogP contribution is 2.28. The smallest absolute Gasteiger partial charge is 0.321 e. The molecular formula is C20H23N5O. The Morgan fingerprint density at radius 2 is 2.00 bits per heavy atom. The Morgan fingerprint density at radius 1 is 1.23 bits per heavy atom. The molecule has 6 heteroatoms. The summed E-state index contributed by atoms with van der Waals surface area (Å²) in [5.41, 5.74) is 4.94. The van der Waals surface area contributed by atoms with Gasteiger partial charge in [0.05, 0.1) is 0 Å². The maximum Gasteiger partial charge on any atom is 0.321 e. The maximum atomic E-state index is 12.6. The SMILES string of the molecule is Cc1cc(C)cc(NC(=O)N2CC[C@H](c3nc4cccnc4n3C)C2)c1. The highest BCUT2D eigenvalue weighted by molar-refractivity contribution is 5.89. The molecule has 0 aliphatic carbocycles. The molecule has 0 radical (unpaired) electrons. The average molecular weight is 349 g/mol. The summed E-state index contributed by atoms with van der Waals surface area (Å²) in [6.45, 7) is 5.48. The molecule has 1 saturated heterocycles. The van der Waals surface area contributed by atoms with E-state index in [1.54, 1.807) is 6.20 Å². The molecule has 3 aromatic rings. The van der Waals surface area contributed by atoms with Gasteiger partial charge in [0.1, 0.15) is 11.3 Å². The van der Waals surface area contributed by atoms with E-state index < -0.39 is 0 Å². The highest BCUT2D eigenvalue weighted by Gasteiger charge is 2.30. The lowest BCUT2D eigenvalue weighted by Gasteiger charge is -2.18. The van der Waals surface area contributed by atoms with E-state index in [1.165, 1.54) is 0 Å². The molecule has 6 nitrogen and oxygen atoms in total. The van der Waals surface area contributed by atoms with Gasteiger partial charge in [-0.15, -0.1) is 0 Å². The van der Waals surface area contributed by atoms with Crippen molar-refractivity contribution >= 4 is 22.9 Å². The number of nitrogens with zero attached hydrogens (tertiary/aromatic N) is 4. The van der Waals surface area contributed by atoms with E-state index >= 15 is 0 Å². The van der Waals surface area contributed by atoms with Gasteiger partial charge in [-0.3, -0.25) is 0 Å². The van der Waals surface area contributed by atoms with Gasteiger partial charge in [0.25, 0.3) is 0 Å². The minimum absolute atomic E-state index is 0.0469. The number of aryl methyl sites for hydroxylation is 3. The predicted molar refractivity (Wildman–Crippen MR) is 102 cm³/mol. The lowest BCUT2D eigenvalue weighted by Crippen LogP contribution is -2.33. The minimum atomic E-state index is -0.0469. The van der Waals surface area contributed by atoms with Crippen LogP contribution in [0.5, 0.6) is 0 Å². The van der Waals surface area contributed by atoms with Crippen LogP contribution in [0.25, 0.3) is 11.2 Å². The number of nitrogens with one attached hydrogen (secondary N) is 1. The number of carbonyl (C=O) groups is 1. The van der Waals surface area contributed by atoms with Crippen LogP contribution in [0.15, 0.2) is 36.5 Å². The van der Waals surface area contributed by atoms with E-state index in [2.05, 4.69) is 16.4 Å². The number of aromatic nitrogens is 3. The molecule has 1 aromatic carbocycles. The van der Waals surface area contributed by atoms with Gasteiger partial charge in [0, 0.05) is 37.9 Å². The first-order valence-corrected chi connectivity index (χ1v) is 8.93. The number of imidazole rings is 1. The zero-order valence-electron chi connectivity index (χ0n) is 15.4. The molecule has 0 saturated carbocycles. The molecule has 2 amide bonds. The number of pyridine rings is 1. The van der Waals surface area contributed by atoms with Crippen molar-refractivity contribution in [3.63, 3.8) is 0 Å². The molecular weight excluding hydrogens is 326 g/mol. The van der Waals surface area contributed by atoms with Gasteiger partial charge in [-0.25, -0.2) is 14.8 Å². The molecule has 1 atom stereocenters. The van der Waals surface area contributed by atoms with Gasteiger partial charge in [-0.2, -0.15) is 0 Å². The molecule has 0 bridgehead atoms. The predicted octanol–water partition coefficient (Wildman–Crippen LogP) is 3.61. The number of rotatable bonds is 2. The third-order valence-electron chi connectivity index (χ3n) is 4.98. The van der Waals surface area contributed by atoms with Gasteiger partial charge in [0.15, 0.2) is 5.65 Å². The van der Waals surface area contributed by atoms with Crippen LogP contribution in [0, 0.1) is 13.8 Å². The first-order valence-electron chi connectivity index (χ1n) is 8.93. The molecule has 1 aliphatic heterocycles. The monoisotopic (exact) mass is 349 g/mol. The van der Waals surface area contributed by atoms with E-state index in [0.29, 0.717) is 6.54 Å². The van der Waals surface area contributed by atoms with E-state index in [0.717, 1.165) is 46.8 Å².